The van der Waals surface area contributed by atoms with Crippen molar-refractivity contribution < 1.29 is 14.3 Å². The fraction of sp³-hybridized carbons (Fsp3) is 0.263. The molecule has 0 saturated carbocycles. The van der Waals surface area contributed by atoms with E-state index in [1.54, 1.807) is 35.0 Å². The first-order valence-corrected chi connectivity index (χ1v) is 8.48. The minimum Gasteiger partial charge on any atom is -0.487 e. The lowest BCUT2D eigenvalue weighted by Crippen LogP contribution is -2.23. The zero-order valence-electron chi connectivity index (χ0n) is 15.4. The van der Waals surface area contributed by atoms with Crippen molar-refractivity contribution in [3.63, 3.8) is 0 Å². The average molecular weight is 367 g/mol. The molecule has 1 aromatic carbocycles. The molecule has 0 fully saturated rings. The summed E-state index contributed by atoms with van der Waals surface area (Å²) in [6.45, 7) is 4.00. The zero-order chi connectivity index (χ0) is 19.4. The van der Waals surface area contributed by atoms with E-state index in [9.17, 15) is 9.59 Å². The maximum Gasteiger partial charge on any atom is 0.272 e. The van der Waals surface area contributed by atoms with Crippen molar-refractivity contribution in [2.45, 2.75) is 27.0 Å². The van der Waals surface area contributed by atoms with E-state index in [1.165, 1.54) is 6.92 Å². The molecule has 3 aromatic rings. The molecular formula is C19H21N5O3. The molecule has 8 nitrogen and oxygen atoms in total. The van der Waals surface area contributed by atoms with Gasteiger partial charge in [0.05, 0.1) is 11.4 Å². The third kappa shape index (κ3) is 4.60. The number of amides is 1. The molecule has 8 heteroatoms. The number of nitrogens with one attached hydrogen (secondary N) is 2. The number of nitrogens with zero attached hydrogens (tertiary/aromatic N) is 3. The number of hydrogen-bond acceptors (Lipinski definition) is 5. The number of hydrogen-bond donors (Lipinski definition) is 2. The predicted octanol–water partition coefficient (Wildman–Crippen LogP) is 2.16. The Morgan fingerprint density at radius 3 is 2.81 bits per heavy atom. The highest BCUT2D eigenvalue weighted by Crippen LogP contribution is 2.15. The lowest BCUT2D eigenvalue weighted by Gasteiger charge is -2.05. The van der Waals surface area contributed by atoms with Crippen LogP contribution in [0.1, 0.15) is 44.7 Å². The number of ketones is 1. The maximum atomic E-state index is 12.2. The molecule has 0 aliphatic heterocycles. The van der Waals surface area contributed by atoms with Gasteiger partial charge in [0.2, 0.25) is 0 Å². The second kappa shape index (κ2) is 7.86. The lowest BCUT2D eigenvalue weighted by atomic mass is 10.1. The predicted molar refractivity (Wildman–Crippen MR) is 98.5 cm³/mol. The number of carbonyl (C=O) groups excluding carboxylic acids is 2. The Kier molecular flexibility index (Phi) is 5.35. The van der Waals surface area contributed by atoms with Gasteiger partial charge in [-0.25, -0.2) is 0 Å². The van der Waals surface area contributed by atoms with Crippen LogP contribution >= 0.6 is 0 Å². The van der Waals surface area contributed by atoms with Gasteiger partial charge >= 0.3 is 0 Å². The molecule has 0 bridgehead atoms. The molecule has 2 heterocycles. The fourth-order valence-corrected chi connectivity index (χ4v) is 2.61. The van der Waals surface area contributed by atoms with Gasteiger partial charge in [-0.05, 0) is 32.0 Å². The topological polar surface area (TPSA) is 102 Å². The Morgan fingerprint density at radius 1 is 1.30 bits per heavy atom. The minimum absolute atomic E-state index is 0.0233. The molecule has 0 unspecified atom stereocenters. The Labute approximate surface area is 156 Å². The monoisotopic (exact) mass is 367 g/mol. The van der Waals surface area contributed by atoms with E-state index < -0.39 is 0 Å². The summed E-state index contributed by atoms with van der Waals surface area (Å²) in [5.74, 6) is 0.277. The van der Waals surface area contributed by atoms with Crippen LogP contribution in [0.3, 0.4) is 0 Å². The highest BCUT2D eigenvalue weighted by Gasteiger charge is 2.12. The van der Waals surface area contributed by atoms with Crippen molar-refractivity contribution in [1.82, 2.24) is 25.3 Å². The molecule has 27 heavy (non-hydrogen) atoms. The third-order valence-corrected chi connectivity index (χ3v) is 4.05. The summed E-state index contributed by atoms with van der Waals surface area (Å²) in [5.41, 5.74) is 3.36. The highest BCUT2D eigenvalue weighted by molar-refractivity contribution is 5.94. The van der Waals surface area contributed by atoms with E-state index >= 15 is 0 Å². The number of rotatable bonds is 7. The molecule has 2 aromatic heterocycles. The number of Topliss-reactive ketones (excluding diaryl/α,β-unsaturated/α-hetero) is 1. The van der Waals surface area contributed by atoms with Gasteiger partial charge in [0.25, 0.3) is 5.91 Å². The number of carbonyl (C=O) groups is 2. The molecule has 2 N–H and O–H groups in total. The van der Waals surface area contributed by atoms with E-state index in [-0.39, 0.29) is 24.0 Å². The van der Waals surface area contributed by atoms with Gasteiger partial charge < -0.3 is 10.1 Å². The third-order valence-electron chi connectivity index (χ3n) is 4.05. The summed E-state index contributed by atoms with van der Waals surface area (Å²) in [7, 11) is 1.84. The summed E-state index contributed by atoms with van der Waals surface area (Å²) in [4.78, 5) is 23.7. The molecule has 0 atom stereocenters. The smallest absolute Gasteiger partial charge is 0.272 e. The summed E-state index contributed by atoms with van der Waals surface area (Å²) < 4.78 is 7.37. The van der Waals surface area contributed by atoms with Gasteiger partial charge in [-0.1, -0.05) is 12.1 Å². The van der Waals surface area contributed by atoms with Crippen LogP contribution in [0, 0.1) is 6.92 Å². The minimum atomic E-state index is -0.278. The van der Waals surface area contributed by atoms with Crippen LogP contribution < -0.4 is 10.1 Å². The summed E-state index contributed by atoms with van der Waals surface area (Å²) in [6, 6.07) is 8.59. The normalized spacial score (nSPS) is 10.6. The molecule has 140 valence electrons. The van der Waals surface area contributed by atoms with Gasteiger partial charge in [0.15, 0.2) is 5.78 Å². The van der Waals surface area contributed by atoms with E-state index in [4.69, 9.17) is 4.74 Å². The van der Waals surface area contributed by atoms with Crippen molar-refractivity contribution >= 4 is 11.7 Å². The van der Waals surface area contributed by atoms with Crippen LogP contribution in [0.15, 0.2) is 36.5 Å². The summed E-state index contributed by atoms with van der Waals surface area (Å²) in [5, 5.41) is 13.9. The van der Waals surface area contributed by atoms with E-state index in [1.807, 2.05) is 20.2 Å². The van der Waals surface area contributed by atoms with Gasteiger partial charge in [-0.3, -0.25) is 19.4 Å². The number of ether oxygens (including phenoxy) is 1. The highest BCUT2D eigenvalue weighted by atomic mass is 16.5. The maximum absolute atomic E-state index is 12.2. The first-order valence-electron chi connectivity index (χ1n) is 8.48. The van der Waals surface area contributed by atoms with E-state index in [0.29, 0.717) is 23.6 Å². The van der Waals surface area contributed by atoms with Crippen molar-refractivity contribution in [3.05, 3.63) is 64.7 Å². The van der Waals surface area contributed by atoms with Crippen LogP contribution in [0.25, 0.3) is 0 Å². The first kappa shape index (κ1) is 18.4. The number of H-pyrrole nitrogens is 1. The molecule has 0 radical (unpaired) electrons. The second-order valence-corrected chi connectivity index (χ2v) is 6.25. The van der Waals surface area contributed by atoms with Crippen molar-refractivity contribution in [2.24, 2.45) is 7.05 Å². The molecule has 0 spiro atoms. The van der Waals surface area contributed by atoms with Crippen LogP contribution in [-0.2, 0) is 20.2 Å². The van der Waals surface area contributed by atoms with Gasteiger partial charge in [0, 0.05) is 30.9 Å². The molecule has 0 saturated heterocycles. The lowest BCUT2D eigenvalue weighted by molar-refractivity contribution is 0.0945. The SMILES string of the molecule is CC(=O)c1cccc(OCc2cc(C(=O)NCc3cn(C)nc3C)n[nH]2)c1. The molecule has 0 aliphatic rings. The Morgan fingerprint density at radius 2 is 2.11 bits per heavy atom. The van der Waals surface area contributed by atoms with Gasteiger partial charge in [-0.2, -0.15) is 10.2 Å². The number of aryl methyl sites for hydroxylation is 2. The fourth-order valence-electron chi connectivity index (χ4n) is 2.61. The number of aromatic amines is 1. The second-order valence-electron chi connectivity index (χ2n) is 6.25. The standard InChI is InChI=1S/C19H21N5O3/c1-12-15(10-24(3)23-12)9-20-19(26)18-8-16(21-22-18)11-27-17-6-4-5-14(7-17)13(2)25/h4-8,10H,9,11H2,1-3H3,(H,20,26)(H,21,22). The first-order chi connectivity index (χ1) is 12.9. The van der Waals surface area contributed by atoms with Crippen LogP contribution in [0.4, 0.5) is 0 Å². The Hall–Kier alpha value is -3.42. The van der Waals surface area contributed by atoms with Gasteiger partial charge in [0.1, 0.15) is 18.1 Å². The summed E-state index contributed by atoms with van der Waals surface area (Å²) >= 11 is 0. The van der Waals surface area contributed by atoms with Crippen LogP contribution in [0.2, 0.25) is 0 Å². The van der Waals surface area contributed by atoms with E-state index in [2.05, 4.69) is 20.6 Å². The Bertz CT molecular complexity index is 973. The van der Waals surface area contributed by atoms with Crippen molar-refractivity contribution in [3.8, 4) is 5.75 Å². The molecule has 0 aliphatic carbocycles. The average Bonchev–Trinajstić information content (AvgIpc) is 3.24. The quantitative estimate of drug-likeness (QED) is 0.623. The summed E-state index contributed by atoms with van der Waals surface area (Å²) in [6.07, 6.45) is 1.87. The zero-order valence-corrected chi connectivity index (χ0v) is 15.4. The van der Waals surface area contributed by atoms with Crippen molar-refractivity contribution in [2.75, 3.05) is 0 Å². The Balaban J connectivity index is 1.56. The molecule has 1 amide bonds. The van der Waals surface area contributed by atoms with Crippen LogP contribution in [0.5, 0.6) is 5.75 Å². The largest absolute Gasteiger partial charge is 0.487 e. The van der Waals surface area contributed by atoms with E-state index in [0.717, 1.165) is 11.3 Å². The molecular weight excluding hydrogens is 346 g/mol. The number of benzene rings is 1. The van der Waals surface area contributed by atoms with Crippen molar-refractivity contribution in [1.29, 1.82) is 0 Å². The van der Waals surface area contributed by atoms with Crippen LogP contribution in [-0.4, -0.2) is 31.7 Å². The number of aromatic nitrogens is 4. The van der Waals surface area contributed by atoms with Gasteiger partial charge in [-0.15, -0.1) is 0 Å². The molecule has 3 rings (SSSR count).